The lowest BCUT2D eigenvalue weighted by atomic mass is 10.1. The lowest BCUT2D eigenvalue weighted by Gasteiger charge is -2.17. The Morgan fingerprint density at radius 3 is 2.57 bits per heavy atom. The Balaban J connectivity index is 1.84. The molecule has 4 nitrogen and oxygen atoms in total. The fourth-order valence-electron chi connectivity index (χ4n) is 1.97. The second-order valence-corrected chi connectivity index (χ2v) is 4.97. The highest BCUT2D eigenvalue weighted by molar-refractivity contribution is 5.89. The van der Waals surface area contributed by atoms with Gasteiger partial charge in [0.05, 0.1) is 0 Å². The van der Waals surface area contributed by atoms with E-state index in [1.807, 2.05) is 42.5 Å². The van der Waals surface area contributed by atoms with Gasteiger partial charge < -0.3 is 10.2 Å². The zero-order valence-electron chi connectivity index (χ0n) is 12.5. The third-order valence-electron chi connectivity index (χ3n) is 3.39. The van der Waals surface area contributed by atoms with Gasteiger partial charge in [0.25, 0.3) is 0 Å². The van der Waals surface area contributed by atoms with Gasteiger partial charge in [-0.15, -0.1) is 0 Å². The molecule has 0 spiro atoms. The number of hydrogen-bond acceptors (Lipinski definition) is 2. The molecule has 4 heteroatoms. The minimum atomic E-state index is -0.102. The maximum Gasteiger partial charge on any atom is 0.321 e. The summed E-state index contributed by atoms with van der Waals surface area (Å²) in [6, 6.07) is 13.6. The molecule has 2 aromatic rings. The van der Waals surface area contributed by atoms with Gasteiger partial charge in [-0.25, -0.2) is 4.79 Å². The fourth-order valence-corrected chi connectivity index (χ4v) is 1.97. The predicted octanol–water partition coefficient (Wildman–Crippen LogP) is 3.35. The van der Waals surface area contributed by atoms with Crippen LogP contribution in [-0.2, 0) is 12.8 Å². The highest BCUT2D eigenvalue weighted by Crippen LogP contribution is 2.10. The maximum absolute atomic E-state index is 12.1. The van der Waals surface area contributed by atoms with Crippen LogP contribution in [-0.4, -0.2) is 29.5 Å². The van der Waals surface area contributed by atoms with E-state index >= 15 is 0 Å². The molecule has 1 N–H and O–H groups in total. The molecule has 0 bridgehead atoms. The number of nitrogens with zero attached hydrogens (tertiary/aromatic N) is 2. The molecule has 0 unspecified atom stereocenters. The standard InChI is InChI=1S/C17H21N3O/c1-3-14-7-9-16(10-8-14)19-17(21)20(2)13-11-15-6-4-5-12-18-15/h4-10,12H,3,11,13H2,1-2H3,(H,19,21). The fraction of sp³-hybridized carbons (Fsp3) is 0.294. The molecule has 0 saturated carbocycles. The van der Waals surface area contributed by atoms with E-state index in [1.54, 1.807) is 18.1 Å². The van der Waals surface area contributed by atoms with Crippen molar-refractivity contribution in [2.45, 2.75) is 19.8 Å². The highest BCUT2D eigenvalue weighted by atomic mass is 16.2. The van der Waals surface area contributed by atoms with Gasteiger partial charge >= 0.3 is 6.03 Å². The smallest absolute Gasteiger partial charge is 0.321 e. The Morgan fingerprint density at radius 2 is 1.95 bits per heavy atom. The molecule has 1 aromatic heterocycles. The van der Waals surface area contributed by atoms with E-state index in [2.05, 4.69) is 17.2 Å². The number of nitrogens with one attached hydrogen (secondary N) is 1. The molecule has 2 amide bonds. The van der Waals surface area contributed by atoms with E-state index in [9.17, 15) is 4.79 Å². The molecule has 0 atom stereocenters. The molecule has 110 valence electrons. The number of benzene rings is 1. The van der Waals surface area contributed by atoms with Crippen molar-refractivity contribution in [3.8, 4) is 0 Å². The van der Waals surface area contributed by atoms with Gasteiger partial charge in [-0.1, -0.05) is 25.1 Å². The van der Waals surface area contributed by atoms with E-state index in [0.717, 1.165) is 24.2 Å². The van der Waals surface area contributed by atoms with Crippen LogP contribution in [0, 0.1) is 0 Å². The number of likely N-dealkylation sites (N-methyl/N-ethyl adjacent to an activating group) is 1. The average molecular weight is 283 g/mol. The van der Waals surface area contributed by atoms with Crippen molar-refractivity contribution in [3.05, 3.63) is 59.9 Å². The lowest BCUT2D eigenvalue weighted by Crippen LogP contribution is -2.33. The second kappa shape index (κ2) is 7.43. The Morgan fingerprint density at radius 1 is 1.19 bits per heavy atom. The van der Waals surface area contributed by atoms with Crippen molar-refractivity contribution >= 4 is 11.7 Å². The first-order valence-electron chi connectivity index (χ1n) is 7.20. The van der Waals surface area contributed by atoms with Crippen molar-refractivity contribution in [1.29, 1.82) is 0 Å². The first-order chi connectivity index (χ1) is 10.2. The molecule has 0 aliphatic carbocycles. The number of anilines is 1. The van der Waals surface area contributed by atoms with Crippen LogP contribution in [0.4, 0.5) is 10.5 Å². The molecule has 2 rings (SSSR count). The van der Waals surface area contributed by atoms with Crippen LogP contribution in [0.3, 0.4) is 0 Å². The number of carbonyl (C=O) groups is 1. The topological polar surface area (TPSA) is 45.2 Å². The number of pyridine rings is 1. The Hall–Kier alpha value is -2.36. The van der Waals surface area contributed by atoms with Gasteiger partial charge in [-0.05, 0) is 36.2 Å². The average Bonchev–Trinajstić information content (AvgIpc) is 2.54. The number of rotatable bonds is 5. The van der Waals surface area contributed by atoms with Crippen LogP contribution in [0.1, 0.15) is 18.2 Å². The van der Waals surface area contributed by atoms with Crippen molar-refractivity contribution in [2.24, 2.45) is 0 Å². The molecule has 0 fully saturated rings. The van der Waals surface area contributed by atoms with Crippen LogP contribution in [0.2, 0.25) is 0 Å². The van der Waals surface area contributed by atoms with Gasteiger partial charge in [-0.2, -0.15) is 0 Å². The largest absolute Gasteiger partial charge is 0.327 e. The summed E-state index contributed by atoms with van der Waals surface area (Å²) in [6.07, 6.45) is 3.52. The van der Waals surface area contributed by atoms with Crippen LogP contribution in [0.5, 0.6) is 0 Å². The minimum absolute atomic E-state index is 0.102. The summed E-state index contributed by atoms with van der Waals surface area (Å²) in [4.78, 5) is 18.0. The van der Waals surface area contributed by atoms with Crippen LogP contribution in [0.15, 0.2) is 48.7 Å². The SMILES string of the molecule is CCc1ccc(NC(=O)N(C)CCc2ccccn2)cc1. The first-order valence-corrected chi connectivity index (χ1v) is 7.20. The zero-order chi connectivity index (χ0) is 15.1. The van der Waals surface area contributed by atoms with E-state index in [-0.39, 0.29) is 6.03 Å². The Bertz CT molecular complexity index is 566. The summed E-state index contributed by atoms with van der Waals surface area (Å²) in [5, 5.41) is 2.90. The predicted molar refractivity (Wildman–Crippen MR) is 85.4 cm³/mol. The number of carbonyl (C=O) groups excluding carboxylic acids is 1. The summed E-state index contributed by atoms with van der Waals surface area (Å²) < 4.78 is 0. The van der Waals surface area contributed by atoms with Crippen LogP contribution < -0.4 is 5.32 Å². The zero-order valence-corrected chi connectivity index (χ0v) is 12.5. The Labute approximate surface area is 125 Å². The summed E-state index contributed by atoms with van der Waals surface area (Å²) in [5.41, 5.74) is 3.07. The van der Waals surface area contributed by atoms with Crippen molar-refractivity contribution in [3.63, 3.8) is 0 Å². The molecular weight excluding hydrogens is 262 g/mol. The molecule has 0 aliphatic heterocycles. The van der Waals surface area contributed by atoms with E-state index < -0.39 is 0 Å². The molecule has 1 aromatic carbocycles. The second-order valence-electron chi connectivity index (χ2n) is 4.97. The maximum atomic E-state index is 12.1. The molecule has 0 saturated heterocycles. The van der Waals surface area contributed by atoms with E-state index in [4.69, 9.17) is 0 Å². The van der Waals surface area contributed by atoms with Crippen molar-refractivity contribution in [1.82, 2.24) is 9.88 Å². The van der Waals surface area contributed by atoms with Gasteiger partial charge in [0.15, 0.2) is 0 Å². The van der Waals surface area contributed by atoms with Gasteiger partial charge in [0, 0.05) is 37.6 Å². The van der Waals surface area contributed by atoms with E-state index in [1.165, 1.54) is 5.56 Å². The van der Waals surface area contributed by atoms with Gasteiger partial charge in [0.1, 0.15) is 0 Å². The number of aromatic nitrogens is 1. The van der Waals surface area contributed by atoms with Crippen LogP contribution >= 0.6 is 0 Å². The first kappa shape index (κ1) is 15.0. The Kier molecular flexibility index (Phi) is 5.32. The lowest BCUT2D eigenvalue weighted by molar-refractivity contribution is 0.223. The molecule has 21 heavy (non-hydrogen) atoms. The third kappa shape index (κ3) is 4.60. The summed E-state index contributed by atoms with van der Waals surface area (Å²) >= 11 is 0. The number of urea groups is 1. The number of aryl methyl sites for hydroxylation is 1. The minimum Gasteiger partial charge on any atom is -0.327 e. The number of hydrogen-bond donors (Lipinski definition) is 1. The van der Waals surface area contributed by atoms with Gasteiger partial charge in [0.2, 0.25) is 0 Å². The molecule has 1 heterocycles. The summed E-state index contributed by atoms with van der Waals surface area (Å²) in [5.74, 6) is 0. The third-order valence-corrected chi connectivity index (χ3v) is 3.39. The summed E-state index contributed by atoms with van der Waals surface area (Å²) in [7, 11) is 1.79. The number of amides is 2. The van der Waals surface area contributed by atoms with E-state index in [0.29, 0.717) is 6.54 Å². The van der Waals surface area contributed by atoms with Crippen molar-refractivity contribution in [2.75, 3.05) is 18.9 Å². The van der Waals surface area contributed by atoms with Crippen molar-refractivity contribution < 1.29 is 4.79 Å². The molecule has 0 aliphatic rings. The normalized spacial score (nSPS) is 10.2. The summed E-state index contributed by atoms with van der Waals surface area (Å²) in [6.45, 7) is 2.74. The molecular formula is C17H21N3O. The molecule has 0 radical (unpaired) electrons. The van der Waals surface area contributed by atoms with Gasteiger partial charge in [-0.3, -0.25) is 4.98 Å². The quantitative estimate of drug-likeness (QED) is 0.914. The van der Waals surface area contributed by atoms with Crippen LogP contribution in [0.25, 0.3) is 0 Å². The monoisotopic (exact) mass is 283 g/mol. The highest BCUT2D eigenvalue weighted by Gasteiger charge is 2.08.